The molecular weight excluding hydrogens is 254 g/mol. The largest absolute Gasteiger partial charge is 0.336 e. The zero-order valence-electron chi connectivity index (χ0n) is 12.2. The maximum absolute atomic E-state index is 12.5. The Morgan fingerprint density at radius 1 is 1.40 bits per heavy atom. The van der Waals surface area contributed by atoms with Crippen LogP contribution in [0.4, 0.5) is 5.69 Å². The standard InChI is InChI=1S/C14H23N5O/c1-11(2)10-18-5-7-19(8-6-18)14(20)12-3-4-16-9-13(12)17-15/h3-4,9,11,17H,5-8,10,15H2,1-2H3. The van der Waals surface area contributed by atoms with Gasteiger partial charge in [0.1, 0.15) is 0 Å². The minimum absolute atomic E-state index is 0.0181. The number of hydrogen-bond donors (Lipinski definition) is 2. The Hall–Kier alpha value is -1.66. The predicted molar refractivity (Wildman–Crippen MR) is 79.2 cm³/mol. The van der Waals surface area contributed by atoms with Crippen LogP contribution in [0.5, 0.6) is 0 Å². The SMILES string of the molecule is CC(C)CN1CCN(C(=O)c2ccncc2NN)CC1. The highest BCUT2D eigenvalue weighted by molar-refractivity contribution is 5.99. The molecule has 1 aromatic heterocycles. The van der Waals surface area contributed by atoms with E-state index in [-0.39, 0.29) is 5.91 Å². The number of nitrogens with two attached hydrogens (primary N) is 1. The number of nitrogens with zero attached hydrogens (tertiary/aromatic N) is 3. The topological polar surface area (TPSA) is 74.5 Å². The number of rotatable bonds is 4. The average molecular weight is 277 g/mol. The van der Waals surface area contributed by atoms with Crippen LogP contribution in [0.1, 0.15) is 24.2 Å². The summed E-state index contributed by atoms with van der Waals surface area (Å²) in [6.45, 7) is 8.91. The smallest absolute Gasteiger partial charge is 0.256 e. The van der Waals surface area contributed by atoms with Gasteiger partial charge in [0, 0.05) is 38.9 Å². The highest BCUT2D eigenvalue weighted by Crippen LogP contribution is 2.16. The molecule has 0 atom stereocenters. The minimum atomic E-state index is 0.0181. The molecule has 1 aromatic rings. The van der Waals surface area contributed by atoms with E-state index < -0.39 is 0 Å². The second kappa shape index (κ2) is 6.67. The van der Waals surface area contributed by atoms with Gasteiger partial charge in [0.2, 0.25) is 0 Å². The molecule has 3 N–H and O–H groups in total. The zero-order valence-corrected chi connectivity index (χ0v) is 12.2. The number of hydrazine groups is 1. The van der Waals surface area contributed by atoms with Crippen molar-refractivity contribution in [3.8, 4) is 0 Å². The van der Waals surface area contributed by atoms with Gasteiger partial charge >= 0.3 is 0 Å². The first-order valence-electron chi connectivity index (χ1n) is 7.04. The number of hydrogen-bond acceptors (Lipinski definition) is 5. The third-order valence-corrected chi connectivity index (χ3v) is 3.49. The third-order valence-electron chi connectivity index (χ3n) is 3.49. The Bertz CT molecular complexity index is 455. The van der Waals surface area contributed by atoms with Gasteiger partial charge < -0.3 is 10.3 Å². The lowest BCUT2D eigenvalue weighted by atomic mass is 10.1. The van der Waals surface area contributed by atoms with E-state index in [2.05, 4.69) is 29.2 Å². The van der Waals surface area contributed by atoms with E-state index in [0.29, 0.717) is 17.2 Å². The molecule has 6 heteroatoms. The van der Waals surface area contributed by atoms with Gasteiger partial charge in [0.15, 0.2) is 0 Å². The zero-order chi connectivity index (χ0) is 14.5. The summed E-state index contributed by atoms with van der Waals surface area (Å²) in [6, 6.07) is 1.71. The first kappa shape index (κ1) is 14.7. The second-order valence-electron chi connectivity index (χ2n) is 5.55. The quantitative estimate of drug-likeness (QED) is 0.628. The number of carbonyl (C=O) groups is 1. The molecule has 0 bridgehead atoms. The molecule has 2 rings (SSSR count). The highest BCUT2D eigenvalue weighted by atomic mass is 16.2. The van der Waals surface area contributed by atoms with Crippen molar-refractivity contribution in [2.24, 2.45) is 11.8 Å². The van der Waals surface area contributed by atoms with Crippen LogP contribution in [0.25, 0.3) is 0 Å². The number of piperazine rings is 1. The van der Waals surface area contributed by atoms with Crippen LogP contribution >= 0.6 is 0 Å². The van der Waals surface area contributed by atoms with E-state index in [1.807, 2.05) is 4.90 Å². The normalized spacial score (nSPS) is 16.5. The van der Waals surface area contributed by atoms with E-state index in [4.69, 9.17) is 5.84 Å². The van der Waals surface area contributed by atoms with Gasteiger partial charge in [-0.05, 0) is 12.0 Å². The number of amides is 1. The molecule has 1 aliphatic rings. The van der Waals surface area contributed by atoms with Gasteiger partial charge in [-0.2, -0.15) is 0 Å². The van der Waals surface area contributed by atoms with Crippen molar-refractivity contribution in [2.75, 3.05) is 38.1 Å². The summed E-state index contributed by atoms with van der Waals surface area (Å²) in [5.74, 6) is 6.10. The van der Waals surface area contributed by atoms with Crippen LogP contribution in [-0.2, 0) is 0 Å². The van der Waals surface area contributed by atoms with Gasteiger partial charge in [-0.1, -0.05) is 13.8 Å². The van der Waals surface area contributed by atoms with Crippen molar-refractivity contribution in [1.82, 2.24) is 14.8 Å². The van der Waals surface area contributed by atoms with Crippen molar-refractivity contribution in [3.05, 3.63) is 24.0 Å². The molecule has 110 valence electrons. The van der Waals surface area contributed by atoms with Crippen LogP contribution in [0.2, 0.25) is 0 Å². The van der Waals surface area contributed by atoms with E-state index in [1.165, 1.54) is 0 Å². The molecule has 2 heterocycles. The van der Waals surface area contributed by atoms with Crippen LogP contribution in [0.15, 0.2) is 18.5 Å². The van der Waals surface area contributed by atoms with E-state index in [9.17, 15) is 4.79 Å². The van der Waals surface area contributed by atoms with Gasteiger partial charge in [-0.3, -0.25) is 20.5 Å². The van der Waals surface area contributed by atoms with E-state index in [1.54, 1.807) is 18.5 Å². The molecule has 1 aliphatic heterocycles. The van der Waals surface area contributed by atoms with Gasteiger partial charge in [0.25, 0.3) is 5.91 Å². The lowest BCUT2D eigenvalue weighted by Crippen LogP contribution is -2.49. The van der Waals surface area contributed by atoms with Gasteiger partial charge in [-0.15, -0.1) is 0 Å². The molecule has 1 amide bonds. The van der Waals surface area contributed by atoms with E-state index in [0.717, 1.165) is 32.7 Å². The first-order chi connectivity index (χ1) is 9.61. The lowest BCUT2D eigenvalue weighted by molar-refractivity contribution is 0.0624. The van der Waals surface area contributed by atoms with Crippen LogP contribution in [0, 0.1) is 5.92 Å². The number of nitrogens with one attached hydrogen (secondary N) is 1. The predicted octanol–water partition coefficient (Wildman–Crippen LogP) is 0.781. The Morgan fingerprint density at radius 2 is 2.10 bits per heavy atom. The summed E-state index contributed by atoms with van der Waals surface area (Å²) in [6.07, 6.45) is 3.19. The number of nitrogen functional groups attached to an aromatic ring is 1. The monoisotopic (exact) mass is 277 g/mol. The van der Waals surface area contributed by atoms with Gasteiger partial charge in [-0.25, -0.2) is 0 Å². The molecule has 0 radical (unpaired) electrons. The molecule has 6 nitrogen and oxygen atoms in total. The molecule has 20 heavy (non-hydrogen) atoms. The number of aromatic nitrogens is 1. The Labute approximate surface area is 119 Å². The molecule has 1 fully saturated rings. The highest BCUT2D eigenvalue weighted by Gasteiger charge is 2.23. The summed E-state index contributed by atoms with van der Waals surface area (Å²) in [4.78, 5) is 20.7. The fourth-order valence-corrected chi connectivity index (χ4v) is 2.52. The fraction of sp³-hybridized carbons (Fsp3) is 0.571. The number of carbonyl (C=O) groups excluding carboxylic acids is 1. The Balaban J connectivity index is 1.98. The van der Waals surface area contributed by atoms with Crippen molar-refractivity contribution < 1.29 is 4.79 Å². The van der Waals surface area contributed by atoms with Crippen molar-refractivity contribution in [3.63, 3.8) is 0 Å². The first-order valence-corrected chi connectivity index (χ1v) is 7.04. The Morgan fingerprint density at radius 3 is 2.70 bits per heavy atom. The van der Waals surface area contributed by atoms with Crippen molar-refractivity contribution in [2.45, 2.75) is 13.8 Å². The summed E-state index contributed by atoms with van der Waals surface area (Å²) in [7, 11) is 0. The molecule has 0 unspecified atom stereocenters. The van der Waals surface area contributed by atoms with Crippen LogP contribution in [-0.4, -0.2) is 53.4 Å². The average Bonchev–Trinajstić information content (AvgIpc) is 2.46. The molecule has 0 aromatic carbocycles. The lowest BCUT2D eigenvalue weighted by Gasteiger charge is -2.35. The number of pyridine rings is 1. The van der Waals surface area contributed by atoms with Crippen molar-refractivity contribution >= 4 is 11.6 Å². The summed E-state index contributed by atoms with van der Waals surface area (Å²) < 4.78 is 0. The molecule has 0 saturated carbocycles. The molecule has 0 aliphatic carbocycles. The number of anilines is 1. The summed E-state index contributed by atoms with van der Waals surface area (Å²) >= 11 is 0. The van der Waals surface area contributed by atoms with Gasteiger partial charge in [0.05, 0.1) is 17.4 Å². The van der Waals surface area contributed by atoms with E-state index >= 15 is 0 Å². The van der Waals surface area contributed by atoms with Crippen LogP contribution in [0.3, 0.4) is 0 Å². The summed E-state index contributed by atoms with van der Waals surface area (Å²) in [5, 5.41) is 0. The third kappa shape index (κ3) is 3.46. The van der Waals surface area contributed by atoms with Crippen LogP contribution < -0.4 is 11.3 Å². The fourth-order valence-electron chi connectivity index (χ4n) is 2.52. The molecule has 1 saturated heterocycles. The molecule has 0 spiro atoms. The Kier molecular flexibility index (Phi) is 4.92. The second-order valence-corrected chi connectivity index (χ2v) is 5.55. The maximum atomic E-state index is 12.5. The minimum Gasteiger partial charge on any atom is -0.336 e. The summed E-state index contributed by atoms with van der Waals surface area (Å²) in [5.41, 5.74) is 3.68. The maximum Gasteiger partial charge on any atom is 0.256 e. The molecular formula is C14H23N5O. The van der Waals surface area contributed by atoms with Crippen molar-refractivity contribution in [1.29, 1.82) is 0 Å².